The Balaban J connectivity index is 1.60. The van der Waals surface area contributed by atoms with E-state index >= 15 is 0 Å². The first-order chi connectivity index (χ1) is 9.27. The molecule has 104 valence electrons. The van der Waals surface area contributed by atoms with E-state index in [-0.39, 0.29) is 5.60 Å². The number of pyridine rings is 1. The Kier molecular flexibility index (Phi) is 4.10. The highest BCUT2D eigenvalue weighted by atomic mass is 32.2. The maximum Gasteiger partial charge on any atom is 0.0795 e. The average molecular weight is 278 g/mol. The lowest BCUT2D eigenvalue weighted by atomic mass is 9.89. The van der Waals surface area contributed by atoms with Crippen molar-refractivity contribution in [1.29, 1.82) is 0 Å². The highest BCUT2D eigenvalue weighted by molar-refractivity contribution is 7.99. The molecule has 2 aliphatic rings. The zero-order valence-electron chi connectivity index (χ0n) is 11.5. The summed E-state index contributed by atoms with van der Waals surface area (Å²) in [4.78, 5) is 4.08. The molecule has 0 aromatic carbocycles. The Morgan fingerprint density at radius 3 is 3.05 bits per heavy atom. The van der Waals surface area contributed by atoms with Crippen LogP contribution in [0.15, 0.2) is 24.5 Å². The van der Waals surface area contributed by atoms with E-state index in [1.165, 1.54) is 23.5 Å². The average Bonchev–Trinajstić information content (AvgIpc) is 2.88. The summed E-state index contributed by atoms with van der Waals surface area (Å²) < 4.78 is 6.07. The van der Waals surface area contributed by atoms with Gasteiger partial charge in [-0.1, -0.05) is 0 Å². The quantitative estimate of drug-likeness (QED) is 0.922. The Bertz CT molecular complexity index is 406. The highest BCUT2D eigenvalue weighted by Crippen LogP contribution is 2.38. The Morgan fingerprint density at radius 1 is 1.47 bits per heavy atom. The Morgan fingerprint density at radius 2 is 2.32 bits per heavy atom. The first-order valence-electron chi connectivity index (χ1n) is 7.15. The van der Waals surface area contributed by atoms with Gasteiger partial charge in [0.05, 0.1) is 5.60 Å². The summed E-state index contributed by atoms with van der Waals surface area (Å²) in [5, 5.41) is 3.77. The predicted molar refractivity (Wildman–Crippen MR) is 79.4 cm³/mol. The first-order valence-corrected chi connectivity index (χ1v) is 8.31. The third-order valence-electron chi connectivity index (χ3n) is 4.25. The van der Waals surface area contributed by atoms with Crippen molar-refractivity contribution in [2.75, 3.05) is 18.1 Å². The van der Waals surface area contributed by atoms with Crippen LogP contribution >= 0.6 is 11.8 Å². The zero-order valence-corrected chi connectivity index (χ0v) is 12.3. The SMILES string of the molecule is C[C@@H](NC1CCOC2(CCSC2)C1)c1ccncc1. The zero-order chi connectivity index (χ0) is 13.1. The molecule has 0 radical (unpaired) electrons. The van der Waals surface area contributed by atoms with Crippen LogP contribution in [-0.4, -0.2) is 34.7 Å². The molecule has 4 heteroatoms. The third-order valence-corrected chi connectivity index (χ3v) is 5.47. The maximum absolute atomic E-state index is 6.07. The van der Waals surface area contributed by atoms with Crippen LogP contribution in [0.1, 0.15) is 37.8 Å². The molecule has 1 aromatic heterocycles. The van der Waals surface area contributed by atoms with E-state index in [9.17, 15) is 0 Å². The largest absolute Gasteiger partial charge is 0.374 e. The summed E-state index contributed by atoms with van der Waals surface area (Å²) in [5.74, 6) is 2.43. The van der Waals surface area contributed by atoms with Gasteiger partial charge in [-0.2, -0.15) is 11.8 Å². The van der Waals surface area contributed by atoms with Crippen molar-refractivity contribution in [2.24, 2.45) is 0 Å². The molecular weight excluding hydrogens is 256 g/mol. The van der Waals surface area contributed by atoms with Gasteiger partial charge < -0.3 is 10.1 Å². The van der Waals surface area contributed by atoms with Crippen LogP contribution < -0.4 is 5.32 Å². The normalized spacial score (nSPS) is 32.6. The second-order valence-corrected chi connectivity index (χ2v) is 6.80. The van der Waals surface area contributed by atoms with Gasteiger partial charge in [-0.05, 0) is 49.6 Å². The third kappa shape index (κ3) is 3.12. The highest BCUT2D eigenvalue weighted by Gasteiger charge is 2.40. The summed E-state index contributed by atoms with van der Waals surface area (Å²) in [6.07, 6.45) is 7.25. The van der Waals surface area contributed by atoms with Crippen LogP contribution in [0, 0.1) is 0 Å². The fourth-order valence-electron chi connectivity index (χ4n) is 3.14. The molecule has 0 saturated carbocycles. The van der Waals surface area contributed by atoms with Gasteiger partial charge in [0.2, 0.25) is 0 Å². The van der Waals surface area contributed by atoms with E-state index in [1.807, 2.05) is 24.2 Å². The van der Waals surface area contributed by atoms with Gasteiger partial charge >= 0.3 is 0 Å². The minimum Gasteiger partial charge on any atom is -0.374 e. The Hall–Kier alpha value is -0.580. The topological polar surface area (TPSA) is 34.1 Å². The van der Waals surface area contributed by atoms with E-state index < -0.39 is 0 Å². The number of hydrogen-bond acceptors (Lipinski definition) is 4. The van der Waals surface area contributed by atoms with Gasteiger partial charge in [-0.3, -0.25) is 4.98 Å². The fourth-order valence-corrected chi connectivity index (χ4v) is 4.51. The molecule has 0 aliphatic carbocycles. The summed E-state index contributed by atoms with van der Waals surface area (Å²) in [5.41, 5.74) is 1.48. The minimum atomic E-state index is 0.165. The summed E-state index contributed by atoms with van der Waals surface area (Å²) in [6.45, 7) is 3.14. The molecule has 1 N–H and O–H groups in total. The number of aromatic nitrogens is 1. The molecule has 0 bridgehead atoms. The molecule has 1 spiro atoms. The van der Waals surface area contributed by atoms with Crippen molar-refractivity contribution < 1.29 is 4.74 Å². The molecule has 2 unspecified atom stereocenters. The molecule has 0 amide bonds. The Labute approximate surface area is 119 Å². The van der Waals surface area contributed by atoms with Crippen LogP contribution in [0.25, 0.3) is 0 Å². The minimum absolute atomic E-state index is 0.165. The van der Waals surface area contributed by atoms with Gasteiger partial charge in [0.25, 0.3) is 0 Å². The number of nitrogens with zero attached hydrogens (tertiary/aromatic N) is 1. The summed E-state index contributed by atoms with van der Waals surface area (Å²) >= 11 is 2.04. The van der Waals surface area contributed by atoms with Crippen LogP contribution in [0.4, 0.5) is 0 Å². The smallest absolute Gasteiger partial charge is 0.0795 e. The lowest BCUT2D eigenvalue weighted by Gasteiger charge is -2.39. The summed E-state index contributed by atoms with van der Waals surface area (Å²) in [7, 11) is 0. The molecule has 2 saturated heterocycles. The van der Waals surface area contributed by atoms with Crippen LogP contribution in [-0.2, 0) is 4.74 Å². The molecule has 2 fully saturated rings. The van der Waals surface area contributed by atoms with Crippen LogP contribution in [0.3, 0.4) is 0 Å². The monoisotopic (exact) mass is 278 g/mol. The number of rotatable bonds is 3. The predicted octanol–water partition coefficient (Wildman–Crippen LogP) is 2.79. The van der Waals surface area contributed by atoms with Gasteiger partial charge in [-0.15, -0.1) is 0 Å². The van der Waals surface area contributed by atoms with E-state index in [0.29, 0.717) is 12.1 Å². The van der Waals surface area contributed by atoms with Crippen molar-refractivity contribution in [2.45, 2.75) is 43.9 Å². The second kappa shape index (κ2) is 5.81. The number of nitrogens with one attached hydrogen (secondary N) is 1. The maximum atomic E-state index is 6.07. The molecule has 3 atom stereocenters. The molecule has 2 aliphatic heterocycles. The van der Waals surface area contributed by atoms with E-state index in [2.05, 4.69) is 29.4 Å². The van der Waals surface area contributed by atoms with Crippen LogP contribution in [0.2, 0.25) is 0 Å². The molecule has 3 nitrogen and oxygen atoms in total. The van der Waals surface area contributed by atoms with E-state index in [1.54, 1.807) is 0 Å². The van der Waals surface area contributed by atoms with Crippen LogP contribution in [0.5, 0.6) is 0 Å². The van der Waals surface area contributed by atoms with E-state index in [0.717, 1.165) is 19.4 Å². The standard InChI is InChI=1S/C15H22N2OS/c1-12(13-2-6-16-7-3-13)17-14-4-8-18-15(10-14)5-9-19-11-15/h2-3,6-7,12,14,17H,4-5,8-11H2,1H3/t12-,14?,15?/m1/s1. The lowest BCUT2D eigenvalue weighted by Crippen LogP contribution is -2.47. The molecule has 19 heavy (non-hydrogen) atoms. The molecule has 1 aromatic rings. The van der Waals surface area contributed by atoms with Gasteiger partial charge in [-0.25, -0.2) is 0 Å². The molecule has 3 heterocycles. The van der Waals surface area contributed by atoms with Gasteiger partial charge in [0.1, 0.15) is 0 Å². The van der Waals surface area contributed by atoms with Crippen molar-refractivity contribution in [3.05, 3.63) is 30.1 Å². The summed E-state index contributed by atoms with van der Waals surface area (Å²) in [6, 6.07) is 5.16. The molecular formula is C15H22N2OS. The van der Waals surface area contributed by atoms with Crippen molar-refractivity contribution in [1.82, 2.24) is 10.3 Å². The number of thioether (sulfide) groups is 1. The van der Waals surface area contributed by atoms with Gasteiger partial charge in [0.15, 0.2) is 0 Å². The fraction of sp³-hybridized carbons (Fsp3) is 0.667. The number of hydrogen-bond donors (Lipinski definition) is 1. The van der Waals surface area contributed by atoms with Crippen molar-refractivity contribution in [3.63, 3.8) is 0 Å². The second-order valence-electron chi connectivity index (χ2n) is 5.69. The van der Waals surface area contributed by atoms with E-state index in [4.69, 9.17) is 4.74 Å². The van der Waals surface area contributed by atoms with Crippen molar-refractivity contribution in [3.8, 4) is 0 Å². The lowest BCUT2D eigenvalue weighted by molar-refractivity contribution is -0.0711. The molecule has 3 rings (SSSR count). The first kappa shape index (κ1) is 13.4. The van der Waals surface area contributed by atoms with Gasteiger partial charge in [0, 0.05) is 36.8 Å². The van der Waals surface area contributed by atoms with Crippen molar-refractivity contribution >= 4 is 11.8 Å². The number of ether oxygens (including phenoxy) is 1.